The highest BCUT2D eigenvalue weighted by Gasteiger charge is 2.07. The van der Waals surface area contributed by atoms with Crippen LogP contribution in [0.3, 0.4) is 0 Å². The van der Waals surface area contributed by atoms with Gasteiger partial charge in [0.05, 0.1) is 6.61 Å². The molecule has 0 heterocycles. The van der Waals surface area contributed by atoms with Gasteiger partial charge >= 0.3 is 5.97 Å². The topological polar surface area (TPSA) is 26.3 Å². The Morgan fingerprint density at radius 2 is 1.13 bits per heavy atom. The highest BCUT2D eigenvalue weighted by molar-refractivity contribution is 5.87. The molecule has 0 aliphatic carbocycles. The van der Waals surface area contributed by atoms with Crippen LogP contribution in [0, 0.1) is 0 Å². The third-order valence-corrected chi connectivity index (χ3v) is 4.35. The largest absolute Gasteiger partial charge is 0.462 e. The highest BCUT2D eigenvalue weighted by Crippen LogP contribution is 2.14. The fourth-order valence-electron chi connectivity index (χ4n) is 2.72. The third kappa shape index (κ3) is 15.9. The maximum Gasteiger partial charge on any atom is 0.333 e. The van der Waals surface area contributed by atoms with Crippen LogP contribution in [-0.4, -0.2) is 12.6 Å². The van der Waals surface area contributed by atoms with Crippen LogP contribution in [-0.2, 0) is 9.53 Å². The standard InChI is InChI=1S/C21H40O2/c1-4-6-8-10-11-12-13-14-15-16-18-20(3)21(22)23-19-17-9-7-5-2/h3-19H2,1-2H3. The van der Waals surface area contributed by atoms with E-state index in [4.69, 9.17) is 4.74 Å². The van der Waals surface area contributed by atoms with Crippen LogP contribution in [0.25, 0.3) is 0 Å². The lowest BCUT2D eigenvalue weighted by Crippen LogP contribution is -2.08. The maximum atomic E-state index is 11.7. The second-order valence-electron chi connectivity index (χ2n) is 6.73. The molecule has 0 bridgehead atoms. The second kappa shape index (κ2) is 17.6. The maximum absolute atomic E-state index is 11.7. The van der Waals surface area contributed by atoms with Crippen molar-refractivity contribution in [2.24, 2.45) is 0 Å². The summed E-state index contributed by atoms with van der Waals surface area (Å²) in [6.45, 7) is 8.86. The monoisotopic (exact) mass is 324 g/mol. The van der Waals surface area contributed by atoms with Gasteiger partial charge in [0.1, 0.15) is 0 Å². The van der Waals surface area contributed by atoms with E-state index < -0.39 is 0 Å². The van der Waals surface area contributed by atoms with Gasteiger partial charge in [0.15, 0.2) is 0 Å². The summed E-state index contributed by atoms with van der Waals surface area (Å²) in [5, 5.41) is 0. The van der Waals surface area contributed by atoms with Gasteiger partial charge in [-0.05, 0) is 19.3 Å². The number of ether oxygens (including phenoxy) is 1. The molecule has 0 spiro atoms. The highest BCUT2D eigenvalue weighted by atomic mass is 16.5. The van der Waals surface area contributed by atoms with Gasteiger partial charge in [0, 0.05) is 5.57 Å². The average molecular weight is 325 g/mol. The SMILES string of the molecule is C=C(CCCCCCCCCCCC)C(=O)OCCCCCC. The van der Waals surface area contributed by atoms with Crippen molar-refractivity contribution in [1.82, 2.24) is 0 Å². The summed E-state index contributed by atoms with van der Waals surface area (Å²) in [6.07, 6.45) is 18.5. The molecule has 0 aromatic heterocycles. The lowest BCUT2D eigenvalue weighted by molar-refractivity contribution is -0.139. The van der Waals surface area contributed by atoms with Gasteiger partial charge in [0.25, 0.3) is 0 Å². The first-order chi connectivity index (χ1) is 11.2. The molecule has 0 aliphatic heterocycles. The summed E-state index contributed by atoms with van der Waals surface area (Å²) in [5.41, 5.74) is 0.653. The zero-order chi connectivity index (χ0) is 17.2. The summed E-state index contributed by atoms with van der Waals surface area (Å²) < 4.78 is 5.25. The van der Waals surface area contributed by atoms with E-state index in [0.717, 1.165) is 25.7 Å². The quantitative estimate of drug-likeness (QED) is 0.164. The molecular weight excluding hydrogens is 284 g/mol. The Bertz CT molecular complexity index is 284. The van der Waals surface area contributed by atoms with Crippen LogP contribution in [0.2, 0.25) is 0 Å². The summed E-state index contributed by atoms with van der Waals surface area (Å²) in [5.74, 6) is -0.183. The van der Waals surface area contributed by atoms with E-state index in [1.54, 1.807) is 0 Å². The molecule has 0 atom stereocenters. The smallest absolute Gasteiger partial charge is 0.333 e. The molecule has 0 unspecified atom stereocenters. The Balaban J connectivity index is 3.33. The first kappa shape index (κ1) is 22.2. The average Bonchev–Trinajstić information content (AvgIpc) is 2.56. The molecule has 0 fully saturated rings. The molecule has 0 saturated carbocycles. The van der Waals surface area contributed by atoms with Gasteiger partial charge < -0.3 is 4.74 Å². The van der Waals surface area contributed by atoms with E-state index in [-0.39, 0.29) is 5.97 Å². The summed E-state index contributed by atoms with van der Waals surface area (Å²) >= 11 is 0. The molecule has 2 nitrogen and oxygen atoms in total. The lowest BCUT2D eigenvalue weighted by Gasteiger charge is -2.07. The molecule has 136 valence electrons. The Morgan fingerprint density at radius 3 is 1.65 bits per heavy atom. The number of hydrogen-bond donors (Lipinski definition) is 0. The fourth-order valence-corrected chi connectivity index (χ4v) is 2.72. The van der Waals surface area contributed by atoms with Gasteiger partial charge in [0.2, 0.25) is 0 Å². The summed E-state index contributed by atoms with van der Waals surface area (Å²) in [4.78, 5) is 11.7. The van der Waals surface area contributed by atoms with E-state index in [9.17, 15) is 4.79 Å². The van der Waals surface area contributed by atoms with Crippen molar-refractivity contribution in [3.05, 3.63) is 12.2 Å². The van der Waals surface area contributed by atoms with E-state index in [1.807, 2.05) is 0 Å². The van der Waals surface area contributed by atoms with Crippen LogP contribution in [0.15, 0.2) is 12.2 Å². The number of unbranched alkanes of at least 4 members (excludes halogenated alkanes) is 12. The minimum Gasteiger partial charge on any atom is -0.462 e. The molecule has 0 aromatic carbocycles. The molecule has 0 amide bonds. The van der Waals surface area contributed by atoms with Crippen molar-refractivity contribution < 1.29 is 9.53 Å². The van der Waals surface area contributed by atoms with Gasteiger partial charge in [-0.15, -0.1) is 0 Å². The zero-order valence-electron chi connectivity index (χ0n) is 15.8. The first-order valence-electron chi connectivity index (χ1n) is 10.1. The molecular formula is C21H40O2. The second-order valence-corrected chi connectivity index (χ2v) is 6.73. The minimum absolute atomic E-state index is 0.183. The van der Waals surface area contributed by atoms with Gasteiger partial charge in [-0.1, -0.05) is 97.5 Å². The lowest BCUT2D eigenvalue weighted by atomic mass is 10.0. The predicted octanol–water partition coefficient (Wildman–Crippen LogP) is 6.98. The van der Waals surface area contributed by atoms with Crippen LogP contribution in [0.1, 0.15) is 110 Å². The number of rotatable bonds is 17. The zero-order valence-corrected chi connectivity index (χ0v) is 15.8. The molecule has 0 rings (SSSR count). The number of esters is 1. The van der Waals surface area contributed by atoms with Crippen molar-refractivity contribution in [3.63, 3.8) is 0 Å². The Hall–Kier alpha value is -0.790. The van der Waals surface area contributed by atoms with Crippen LogP contribution in [0.4, 0.5) is 0 Å². The van der Waals surface area contributed by atoms with Crippen molar-refractivity contribution in [1.29, 1.82) is 0 Å². The molecule has 0 aliphatic rings. The Morgan fingerprint density at radius 1 is 0.696 bits per heavy atom. The molecule has 0 N–H and O–H groups in total. The van der Waals surface area contributed by atoms with E-state index in [1.165, 1.54) is 70.6 Å². The number of hydrogen-bond acceptors (Lipinski definition) is 2. The Labute approximate surface area is 145 Å². The molecule has 2 heteroatoms. The normalized spacial score (nSPS) is 10.7. The molecule has 23 heavy (non-hydrogen) atoms. The number of carbonyl (C=O) groups is 1. The first-order valence-corrected chi connectivity index (χ1v) is 10.1. The van der Waals surface area contributed by atoms with Gasteiger partial charge in [-0.2, -0.15) is 0 Å². The van der Waals surface area contributed by atoms with Crippen LogP contribution >= 0.6 is 0 Å². The third-order valence-electron chi connectivity index (χ3n) is 4.35. The van der Waals surface area contributed by atoms with E-state index in [2.05, 4.69) is 20.4 Å². The van der Waals surface area contributed by atoms with Crippen molar-refractivity contribution in [2.75, 3.05) is 6.61 Å². The van der Waals surface area contributed by atoms with Crippen molar-refractivity contribution >= 4 is 5.97 Å². The van der Waals surface area contributed by atoms with Crippen molar-refractivity contribution in [3.8, 4) is 0 Å². The molecule has 0 saturated heterocycles. The summed E-state index contributed by atoms with van der Waals surface area (Å²) in [6, 6.07) is 0. The molecule has 0 radical (unpaired) electrons. The molecule has 0 aromatic rings. The Kier molecular flexibility index (Phi) is 17.0. The summed E-state index contributed by atoms with van der Waals surface area (Å²) in [7, 11) is 0. The van der Waals surface area contributed by atoms with Gasteiger partial charge in [-0.3, -0.25) is 0 Å². The van der Waals surface area contributed by atoms with Crippen LogP contribution < -0.4 is 0 Å². The van der Waals surface area contributed by atoms with Crippen molar-refractivity contribution in [2.45, 2.75) is 110 Å². The van der Waals surface area contributed by atoms with E-state index in [0.29, 0.717) is 12.2 Å². The van der Waals surface area contributed by atoms with E-state index >= 15 is 0 Å². The minimum atomic E-state index is -0.183. The van der Waals surface area contributed by atoms with Crippen LogP contribution in [0.5, 0.6) is 0 Å². The predicted molar refractivity (Wildman–Crippen MR) is 101 cm³/mol. The van der Waals surface area contributed by atoms with Gasteiger partial charge in [-0.25, -0.2) is 4.79 Å². The number of carbonyl (C=O) groups excluding carboxylic acids is 1. The fraction of sp³-hybridized carbons (Fsp3) is 0.857.